The van der Waals surface area contributed by atoms with Crippen LogP contribution >= 0.6 is 0 Å². The molecule has 0 saturated carbocycles. The third-order valence-corrected chi connectivity index (χ3v) is 4.20. The van der Waals surface area contributed by atoms with Crippen LogP contribution in [0, 0.1) is 0 Å². The van der Waals surface area contributed by atoms with E-state index in [9.17, 15) is 0 Å². The summed E-state index contributed by atoms with van der Waals surface area (Å²) < 4.78 is 5.96. The lowest BCUT2D eigenvalue weighted by atomic mass is 9.99. The average Bonchev–Trinajstić information content (AvgIpc) is 2.96. The lowest BCUT2D eigenvalue weighted by Crippen LogP contribution is -2.24. The van der Waals surface area contributed by atoms with E-state index in [1.54, 1.807) is 0 Å². The second-order valence-corrected chi connectivity index (χ2v) is 5.58. The number of nitrogens with one attached hydrogen (secondary N) is 1. The normalized spacial score (nSPS) is 16.1. The van der Waals surface area contributed by atoms with Crippen LogP contribution in [0.1, 0.15) is 30.7 Å². The van der Waals surface area contributed by atoms with Gasteiger partial charge in [0, 0.05) is 24.8 Å². The van der Waals surface area contributed by atoms with Crippen molar-refractivity contribution in [2.75, 3.05) is 25.5 Å². The van der Waals surface area contributed by atoms with Crippen LogP contribution in [0.25, 0.3) is 11.3 Å². The fraction of sp³-hybridized carbons (Fsp3) is 0.412. The van der Waals surface area contributed by atoms with Gasteiger partial charge in [-0.15, -0.1) is 0 Å². The summed E-state index contributed by atoms with van der Waals surface area (Å²) in [7, 11) is 4.11. The summed E-state index contributed by atoms with van der Waals surface area (Å²) in [6.45, 7) is 3.25. The minimum atomic E-state index is 0.243. The maximum absolute atomic E-state index is 5.96. The van der Waals surface area contributed by atoms with Crippen LogP contribution in [0.4, 0.5) is 5.69 Å². The number of rotatable bonds is 3. The van der Waals surface area contributed by atoms with Gasteiger partial charge in [-0.3, -0.25) is 0 Å². The highest BCUT2D eigenvalue weighted by atomic mass is 16.3. The number of furan rings is 1. The Labute approximate surface area is 120 Å². The van der Waals surface area contributed by atoms with E-state index in [-0.39, 0.29) is 6.04 Å². The van der Waals surface area contributed by atoms with E-state index in [0.717, 1.165) is 24.5 Å². The van der Waals surface area contributed by atoms with Crippen LogP contribution in [0.3, 0.4) is 0 Å². The highest BCUT2D eigenvalue weighted by molar-refractivity contribution is 5.66. The molecule has 3 rings (SSSR count). The van der Waals surface area contributed by atoms with Gasteiger partial charge in [0.2, 0.25) is 0 Å². The molecule has 1 N–H and O–H groups in total. The number of hydrogen-bond acceptors (Lipinski definition) is 3. The largest absolute Gasteiger partial charge is 0.459 e. The number of fused-ring (bicyclic) bond motifs is 1. The first kappa shape index (κ1) is 13.3. The summed E-state index contributed by atoms with van der Waals surface area (Å²) in [5.41, 5.74) is 3.96. The predicted octanol–water partition coefficient (Wildman–Crippen LogP) is 3.61. The standard InChI is InChI=1S/C17H22N2O/c1-12(18-2)16-8-9-17(20-16)14-6-7-15-13(11-14)5-4-10-19(15)3/h6-9,11-12,18H,4-5,10H2,1-3H3. The molecule has 0 radical (unpaired) electrons. The fourth-order valence-electron chi connectivity index (χ4n) is 2.82. The molecule has 0 amide bonds. The summed E-state index contributed by atoms with van der Waals surface area (Å²) >= 11 is 0. The first-order valence-electron chi connectivity index (χ1n) is 7.30. The van der Waals surface area contributed by atoms with E-state index in [4.69, 9.17) is 4.42 Å². The van der Waals surface area contributed by atoms with E-state index >= 15 is 0 Å². The van der Waals surface area contributed by atoms with Gasteiger partial charge in [0.15, 0.2) is 0 Å². The van der Waals surface area contributed by atoms with Crippen molar-refractivity contribution in [1.82, 2.24) is 5.32 Å². The van der Waals surface area contributed by atoms with Crippen molar-refractivity contribution in [2.24, 2.45) is 0 Å². The van der Waals surface area contributed by atoms with Crippen LogP contribution in [0.2, 0.25) is 0 Å². The van der Waals surface area contributed by atoms with Crippen molar-refractivity contribution in [3.05, 3.63) is 41.7 Å². The molecule has 1 atom stereocenters. The van der Waals surface area contributed by atoms with Gasteiger partial charge >= 0.3 is 0 Å². The summed E-state index contributed by atoms with van der Waals surface area (Å²) in [5.74, 6) is 1.94. The number of aryl methyl sites for hydroxylation is 1. The molecule has 2 heterocycles. The van der Waals surface area contributed by atoms with Crippen LogP contribution in [-0.2, 0) is 6.42 Å². The Morgan fingerprint density at radius 1 is 1.25 bits per heavy atom. The van der Waals surface area contributed by atoms with Crippen LogP contribution in [0.15, 0.2) is 34.7 Å². The number of hydrogen-bond donors (Lipinski definition) is 1. The third kappa shape index (κ3) is 2.34. The van der Waals surface area contributed by atoms with Gasteiger partial charge < -0.3 is 14.6 Å². The minimum absolute atomic E-state index is 0.243. The summed E-state index contributed by atoms with van der Waals surface area (Å²) in [4.78, 5) is 2.33. The average molecular weight is 270 g/mol. The molecule has 1 aliphatic heterocycles. The Kier molecular flexibility index (Phi) is 3.53. The highest BCUT2D eigenvalue weighted by Gasteiger charge is 2.16. The molecule has 1 aromatic heterocycles. The number of benzene rings is 1. The molecule has 3 heteroatoms. The molecule has 0 fully saturated rings. The first-order valence-corrected chi connectivity index (χ1v) is 7.30. The van der Waals surface area contributed by atoms with Gasteiger partial charge in [0.1, 0.15) is 11.5 Å². The van der Waals surface area contributed by atoms with Crippen LogP contribution < -0.4 is 10.2 Å². The molecule has 106 valence electrons. The molecule has 0 spiro atoms. The third-order valence-electron chi connectivity index (χ3n) is 4.20. The van der Waals surface area contributed by atoms with Crippen molar-refractivity contribution in [2.45, 2.75) is 25.8 Å². The molecule has 1 unspecified atom stereocenters. The summed E-state index contributed by atoms with van der Waals surface area (Å²) in [5, 5.41) is 3.20. The second kappa shape index (κ2) is 5.33. The molecule has 2 aromatic rings. The highest BCUT2D eigenvalue weighted by Crippen LogP contribution is 2.32. The van der Waals surface area contributed by atoms with Gasteiger partial charge in [-0.05, 0) is 62.7 Å². The fourth-order valence-corrected chi connectivity index (χ4v) is 2.82. The van der Waals surface area contributed by atoms with Gasteiger partial charge in [-0.1, -0.05) is 0 Å². The van der Waals surface area contributed by atoms with Crippen LogP contribution in [0.5, 0.6) is 0 Å². The maximum Gasteiger partial charge on any atom is 0.134 e. The quantitative estimate of drug-likeness (QED) is 0.923. The minimum Gasteiger partial charge on any atom is -0.459 e. The monoisotopic (exact) mass is 270 g/mol. The second-order valence-electron chi connectivity index (χ2n) is 5.58. The smallest absolute Gasteiger partial charge is 0.134 e. The topological polar surface area (TPSA) is 28.4 Å². The lowest BCUT2D eigenvalue weighted by molar-refractivity contribution is 0.458. The molecule has 0 bridgehead atoms. The zero-order valence-corrected chi connectivity index (χ0v) is 12.4. The molecule has 1 aliphatic rings. The predicted molar refractivity (Wildman–Crippen MR) is 83.2 cm³/mol. The van der Waals surface area contributed by atoms with E-state index in [1.165, 1.54) is 23.2 Å². The Bertz CT molecular complexity index is 603. The number of anilines is 1. The van der Waals surface area contributed by atoms with Gasteiger partial charge in [-0.25, -0.2) is 0 Å². The zero-order valence-electron chi connectivity index (χ0n) is 12.4. The van der Waals surface area contributed by atoms with E-state index in [1.807, 2.05) is 7.05 Å². The lowest BCUT2D eigenvalue weighted by Gasteiger charge is -2.27. The first-order chi connectivity index (χ1) is 9.69. The van der Waals surface area contributed by atoms with Crippen molar-refractivity contribution in [3.8, 4) is 11.3 Å². The molecule has 0 aliphatic carbocycles. The van der Waals surface area contributed by atoms with E-state index in [2.05, 4.69) is 54.5 Å². The SMILES string of the molecule is CNC(C)c1ccc(-c2ccc3c(c2)CCCN3C)o1. The van der Waals surface area contributed by atoms with Crippen LogP contribution in [-0.4, -0.2) is 20.6 Å². The van der Waals surface area contributed by atoms with E-state index < -0.39 is 0 Å². The van der Waals surface area contributed by atoms with E-state index in [0.29, 0.717) is 0 Å². The Balaban J connectivity index is 1.93. The number of nitrogens with zero attached hydrogens (tertiary/aromatic N) is 1. The Hall–Kier alpha value is -1.74. The Morgan fingerprint density at radius 3 is 2.90 bits per heavy atom. The summed E-state index contributed by atoms with van der Waals surface area (Å²) in [6.07, 6.45) is 2.39. The molecule has 0 saturated heterocycles. The van der Waals surface area contributed by atoms with Crippen molar-refractivity contribution in [3.63, 3.8) is 0 Å². The van der Waals surface area contributed by atoms with Gasteiger partial charge in [-0.2, -0.15) is 0 Å². The molecule has 20 heavy (non-hydrogen) atoms. The molecule has 1 aromatic carbocycles. The summed E-state index contributed by atoms with van der Waals surface area (Å²) in [6, 6.07) is 11.0. The van der Waals surface area contributed by atoms with Gasteiger partial charge in [0.25, 0.3) is 0 Å². The zero-order chi connectivity index (χ0) is 14.1. The van der Waals surface area contributed by atoms with Crippen molar-refractivity contribution in [1.29, 1.82) is 0 Å². The van der Waals surface area contributed by atoms with Crippen molar-refractivity contribution < 1.29 is 4.42 Å². The molecular weight excluding hydrogens is 248 g/mol. The molecule has 3 nitrogen and oxygen atoms in total. The molecular formula is C17H22N2O. The van der Waals surface area contributed by atoms with Crippen molar-refractivity contribution >= 4 is 5.69 Å². The maximum atomic E-state index is 5.96. The van der Waals surface area contributed by atoms with Gasteiger partial charge in [0.05, 0.1) is 6.04 Å². The Morgan fingerprint density at radius 2 is 2.10 bits per heavy atom.